The monoisotopic (exact) mass is 370 g/mol. The number of carbonyl (C=O) groups is 2. The van der Waals surface area contributed by atoms with Gasteiger partial charge in [0, 0.05) is 23.7 Å². The molecule has 0 bridgehead atoms. The number of amides is 2. The van der Waals surface area contributed by atoms with Gasteiger partial charge in [0.25, 0.3) is 0 Å². The van der Waals surface area contributed by atoms with E-state index in [1.807, 2.05) is 31.2 Å². The molecule has 0 unspecified atom stereocenters. The zero-order valence-corrected chi connectivity index (χ0v) is 15.5. The molecule has 7 heteroatoms. The second-order valence-corrected chi connectivity index (χ2v) is 6.18. The zero-order chi connectivity index (χ0) is 19.4. The minimum absolute atomic E-state index is 0.264. The van der Waals surface area contributed by atoms with E-state index in [9.17, 15) is 9.59 Å². The molecule has 27 heavy (non-hydrogen) atoms. The van der Waals surface area contributed by atoms with Crippen molar-refractivity contribution in [2.45, 2.75) is 19.4 Å². The first-order valence-corrected chi connectivity index (χ1v) is 8.59. The highest BCUT2D eigenvalue weighted by molar-refractivity contribution is 6.39. The van der Waals surface area contributed by atoms with Crippen LogP contribution in [0, 0.1) is 6.92 Å². The molecule has 1 aliphatic heterocycles. The molecule has 2 N–H and O–H groups in total. The number of para-hydroxylation sites is 1. The number of nitrogens with one attached hydrogen (secondary N) is 2. The first-order valence-electron chi connectivity index (χ1n) is 8.59. The van der Waals surface area contributed by atoms with E-state index in [0.29, 0.717) is 30.2 Å². The van der Waals surface area contributed by atoms with Gasteiger partial charge in [0.2, 0.25) is 0 Å². The van der Waals surface area contributed by atoms with Gasteiger partial charge in [-0.05, 0) is 24.6 Å². The molecule has 1 heterocycles. The highest BCUT2D eigenvalue weighted by Crippen LogP contribution is 2.33. The molecule has 142 valence electrons. The topological polar surface area (TPSA) is 85.9 Å². The van der Waals surface area contributed by atoms with Crippen molar-refractivity contribution in [1.29, 1.82) is 0 Å². The Labute approximate surface area is 157 Å². The van der Waals surface area contributed by atoms with Crippen LogP contribution in [0.1, 0.15) is 23.6 Å². The normalized spacial score (nSPS) is 15.1. The lowest BCUT2D eigenvalue weighted by atomic mass is 10.0. The number of methoxy groups -OCH3 is 2. The summed E-state index contributed by atoms with van der Waals surface area (Å²) in [5, 5.41) is 5.41. The Bertz CT molecular complexity index is 865. The van der Waals surface area contributed by atoms with E-state index in [1.54, 1.807) is 12.1 Å². The van der Waals surface area contributed by atoms with Gasteiger partial charge in [-0.25, -0.2) is 0 Å². The van der Waals surface area contributed by atoms with Crippen LogP contribution in [-0.4, -0.2) is 32.6 Å². The van der Waals surface area contributed by atoms with Crippen LogP contribution < -0.4 is 24.8 Å². The van der Waals surface area contributed by atoms with Crippen molar-refractivity contribution in [3.8, 4) is 17.2 Å². The lowest BCUT2D eigenvalue weighted by Crippen LogP contribution is -2.39. The van der Waals surface area contributed by atoms with Crippen LogP contribution >= 0.6 is 0 Å². The van der Waals surface area contributed by atoms with Gasteiger partial charge in [-0.2, -0.15) is 0 Å². The number of hydrogen-bond donors (Lipinski definition) is 2. The van der Waals surface area contributed by atoms with Crippen molar-refractivity contribution in [3.63, 3.8) is 0 Å². The molecule has 2 aromatic carbocycles. The summed E-state index contributed by atoms with van der Waals surface area (Å²) in [6, 6.07) is 10.6. The van der Waals surface area contributed by atoms with Gasteiger partial charge < -0.3 is 24.8 Å². The maximum Gasteiger partial charge on any atom is 0.313 e. The highest BCUT2D eigenvalue weighted by atomic mass is 16.5. The molecule has 7 nitrogen and oxygen atoms in total. The average molecular weight is 370 g/mol. The zero-order valence-electron chi connectivity index (χ0n) is 15.5. The smallest absolute Gasteiger partial charge is 0.313 e. The predicted molar refractivity (Wildman–Crippen MR) is 100 cm³/mol. The fourth-order valence-corrected chi connectivity index (χ4v) is 3.01. The van der Waals surface area contributed by atoms with Crippen molar-refractivity contribution in [2.24, 2.45) is 0 Å². The quantitative estimate of drug-likeness (QED) is 0.808. The maximum atomic E-state index is 12.4. The Morgan fingerprint density at radius 3 is 2.52 bits per heavy atom. The molecule has 0 aliphatic carbocycles. The van der Waals surface area contributed by atoms with Crippen LogP contribution in [0.3, 0.4) is 0 Å². The molecule has 2 amide bonds. The van der Waals surface area contributed by atoms with E-state index in [0.717, 1.165) is 16.9 Å². The number of aryl methyl sites for hydroxylation is 1. The van der Waals surface area contributed by atoms with E-state index in [4.69, 9.17) is 14.2 Å². The van der Waals surface area contributed by atoms with Gasteiger partial charge in [-0.1, -0.05) is 18.2 Å². The van der Waals surface area contributed by atoms with Gasteiger partial charge in [0.15, 0.2) is 11.5 Å². The number of anilines is 1. The Hall–Kier alpha value is -3.22. The first kappa shape index (κ1) is 18.6. The van der Waals surface area contributed by atoms with E-state index in [1.165, 1.54) is 14.2 Å². The molecule has 2 aromatic rings. The van der Waals surface area contributed by atoms with Crippen molar-refractivity contribution < 1.29 is 23.8 Å². The fourth-order valence-electron chi connectivity index (χ4n) is 3.01. The molecule has 3 rings (SSSR count). The minimum Gasteiger partial charge on any atom is -0.493 e. The molecule has 0 aromatic heterocycles. The van der Waals surface area contributed by atoms with Crippen molar-refractivity contribution in [3.05, 3.63) is 47.5 Å². The van der Waals surface area contributed by atoms with E-state index in [-0.39, 0.29) is 6.04 Å². The van der Waals surface area contributed by atoms with Gasteiger partial charge in [0.1, 0.15) is 5.75 Å². The molecule has 0 spiro atoms. The number of carbonyl (C=O) groups excluding carboxylic acids is 2. The van der Waals surface area contributed by atoms with Crippen molar-refractivity contribution >= 4 is 17.5 Å². The molecular formula is C20H22N2O5. The van der Waals surface area contributed by atoms with E-state index in [2.05, 4.69) is 10.6 Å². The third kappa shape index (κ3) is 3.97. The molecule has 0 radical (unpaired) electrons. The largest absolute Gasteiger partial charge is 0.493 e. The summed E-state index contributed by atoms with van der Waals surface area (Å²) < 4.78 is 16.1. The average Bonchev–Trinajstić information content (AvgIpc) is 2.69. The Balaban J connectivity index is 1.71. The van der Waals surface area contributed by atoms with Crippen LogP contribution in [0.5, 0.6) is 17.2 Å². The van der Waals surface area contributed by atoms with Crippen LogP contribution in [0.25, 0.3) is 0 Å². The second-order valence-electron chi connectivity index (χ2n) is 6.18. The number of rotatable bonds is 4. The van der Waals surface area contributed by atoms with Gasteiger partial charge >= 0.3 is 11.8 Å². The summed E-state index contributed by atoms with van der Waals surface area (Å²) >= 11 is 0. The highest BCUT2D eigenvalue weighted by Gasteiger charge is 2.25. The number of ether oxygens (including phenoxy) is 3. The number of hydrogen-bond acceptors (Lipinski definition) is 5. The summed E-state index contributed by atoms with van der Waals surface area (Å²) in [4.78, 5) is 24.8. The standard InChI is InChI=1S/C20H22N2O5/c1-12-10-17(25-2)18(26-3)11-15(12)22-20(24)19(23)21-14-8-9-27-16-7-5-4-6-13(14)16/h4-7,10-11,14H,8-9H2,1-3H3,(H,21,23)(H,22,24)/t14-/m1/s1. The third-order valence-electron chi connectivity index (χ3n) is 4.45. The lowest BCUT2D eigenvalue weighted by molar-refractivity contribution is -0.136. The second kappa shape index (κ2) is 7.99. The van der Waals surface area contributed by atoms with E-state index >= 15 is 0 Å². The van der Waals surface area contributed by atoms with Crippen molar-refractivity contribution in [2.75, 3.05) is 26.1 Å². The van der Waals surface area contributed by atoms with Gasteiger partial charge in [-0.15, -0.1) is 0 Å². The van der Waals surface area contributed by atoms with Crippen LogP contribution in [0.2, 0.25) is 0 Å². The maximum absolute atomic E-state index is 12.4. The molecule has 1 atom stereocenters. The molecule has 0 saturated heterocycles. The SMILES string of the molecule is COc1cc(C)c(NC(=O)C(=O)N[C@@H]2CCOc3ccccc32)cc1OC. The van der Waals surface area contributed by atoms with Crippen LogP contribution in [0.15, 0.2) is 36.4 Å². The summed E-state index contributed by atoms with van der Waals surface area (Å²) in [5.74, 6) is 0.304. The van der Waals surface area contributed by atoms with Gasteiger partial charge in [0.05, 0.1) is 26.9 Å². The van der Waals surface area contributed by atoms with Crippen LogP contribution in [-0.2, 0) is 9.59 Å². The molecule has 0 fully saturated rings. The summed E-state index contributed by atoms with van der Waals surface area (Å²) in [7, 11) is 3.04. The van der Waals surface area contributed by atoms with Crippen molar-refractivity contribution in [1.82, 2.24) is 5.32 Å². The first-order chi connectivity index (χ1) is 13.0. The molecule has 1 aliphatic rings. The molecule has 0 saturated carbocycles. The summed E-state index contributed by atoms with van der Waals surface area (Å²) in [5.41, 5.74) is 2.11. The summed E-state index contributed by atoms with van der Waals surface area (Å²) in [6.07, 6.45) is 0.603. The Kier molecular flexibility index (Phi) is 5.49. The predicted octanol–water partition coefficient (Wildman–Crippen LogP) is 2.59. The third-order valence-corrected chi connectivity index (χ3v) is 4.45. The Morgan fingerprint density at radius 2 is 1.78 bits per heavy atom. The number of benzene rings is 2. The van der Waals surface area contributed by atoms with E-state index < -0.39 is 11.8 Å². The fraction of sp³-hybridized carbons (Fsp3) is 0.300. The lowest BCUT2D eigenvalue weighted by Gasteiger charge is -2.26. The minimum atomic E-state index is -0.741. The van der Waals surface area contributed by atoms with Gasteiger partial charge in [-0.3, -0.25) is 9.59 Å². The Morgan fingerprint density at radius 1 is 1.07 bits per heavy atom. The molecular weight excluding hydrogens is 348 g/mol. The number of fused-ring (bicyclic) bond motifs is 1. The summed E-state index contributed by atoms with van der Waals surface area (Å²) in [6.45, 7) is 2.29. The van der Waals surface area contributed by atoms with Crippen LogP contribution in [0.4, 0.5) is 5.69 Å².